The minimum absolute atomic E-state index is 0.847. The van der Waals surface area contributed by atoms with Crippen LogP contribution in [0.25, 0.3) is 11.4 Å². The molecule has 0 radical (unpaired) electrons. The second kappa shape index (κ2) is 9.44. The van der Waals surface area contributed by atoms with Crippen molar-refractivity contribution < 1.29 is 0 Å². The molecule has 124 valence electrons. The van der Waals surface area contributed by atoms with Crippen LogP contribution in [-0.4, -0.2) is 9.97 Å². The molecule has 1 heterocycles. The highest BCUT2D eigenvalue weighted by Crippen LogP contribution is 2.19. The zero-order valence-electron chi connectivity index (χ0n) is 14.9. The average Bonchev–Trinajstić information content (AvgIpc) is 2.57. The smallest absolute Gasteiger partial charge is 0.159 e. The standard InChI is InChI=1S/C21H30N2/c1-4-6-7-8-9-11-20-16-22-21(23-17(20)3)19-14-12-18(10-5-2)13-15-19/h12-16H,4-11H2,1-3H3. The van der Waals surface area contributed by atoms with E-state index in [1.54, 1.807) is 0 Å². The third kappa shape index (κ3) is 5.46. The number of benzene rings is 1. The van der Waals surface area contributed by atoms with Crippen molar-refractivity contribution in [2.24, 2.45) is 0 Å². The van der Waals surface area contributed by atoms with E-state index >= 15 is 0 Å². The van der Waals surface area contributed by atoms with Crippen LogP contribution < -0.4 is 0 Å². The Kier molecular flexibility index (Phi) is 7.25. The van der Waals surface area contributed by atoms with Gasteiger partial charge in [-0.15, -0.1) is 0 Å². The van der Waals surface area contributed by atoms with E-state index in [2.05, 4.69) is 50.0 Å². The van der Waals surface area contributed by atoms with Crippen LogP contribution >= 0.6 is 0 Å². The highest BCUT2D eigenvalue weighted by molar-refractivity contribution is 5.55. The van der Waals surface area contributed by atoms with Gasteiger partial charge in [0, 0.05) is 17.5 Å². The fourth-order valence-electron chi connectivity index (χ4n) is 2.90. The summed E-state index contributed by atoms with van der Waals surface area (Å²) in [5.74, 6) is 0.847. The van der Waals surface area contributed by atoms with E-state index < -0.39 is 0 Å². The molecule has 0 fully saturated rings. The molecule has 0 spiro atoms. The normalized spacial score (nSPS) is 10.9. The van der Waals surface area contributed by atoms with E-state index in [-0.39, 0.29) is 0 Å². The lowest BCUT2D eigenvalue weighted by atomic mass is 10.0. The average molecular weight is 310 g/mol. The number of unbranched alkanes of at least 4 members (excludes halogenated alkanes) is 4. The maximum absolute atomic E-state index is 4.72. The Balaban J connectivity index is 1.98. The van der Waals surface area contributed by atoms with Crippen LogP contribution in [0.1, 0.15) is 69.2 Å². The summed E-state index contributed by atoms with van der Waals surface area (Å²) in [7, 11) is 0. The van der Waals surface area contributed by atoms with Crippen molar-refractivity contribution in [2.75, 3.05) is 0 Å². The van der Waals surface area contributed by atoms with Gasteiger partial charge in [0.25, 0.3) is 0 Å². The monoisotopic (exact) mass is 310 g/mol. The number of aryl methyl sites for hydroxylation is 3. The number of hydrogen-bond acceptors (Lipinski definition) is 2. The molecule has 1 aromatic heterocycles. The topological polar surface area (TPSA) is 25.8 Å². The molecule has 0 saturated heterocycles. The SMILES string of the molecule is CCCCCCCc1cnc(-c2ccc(CCC)cc2)nc1C. The highest BCUT2D eigenvalue weighted by atomic mass is 14.9. The summed E-state index contributed by atoms with van der Waals surface area (Å²) in [5, 5.41) is 0. The molecule has 0 aliphatic heterocycles. The third-order valence-corrected chi connectivity index (χ3v) is 4.38. The predicted octanol–water partition coefficient (Wildman–Crippen LogP) is 5.92. The molecule has 23 heavy (non-hydrogen) atoms. The maximum Gasteiger partial charge on any atom is 0.159 e. The molecule has 0 bridgehead atoms. The van der Waals surface area contributed by atoms with Gasteiger partial charge in [0.05, 0.1) is 0 Å². The Morgan fingerprint density at radius 1 is 0.826 bits per heavy atom. The van der Waals surface area contributed by atoms with E-state index in [9.17, 15) is 0 Å². The summed E-state index contributed by atoms with van der Waals surface area (Å²) in [4.78, 5) is 9.31. The number of rotatable bonds is 9. The van der Waals surface area contributed by atoms with Gasteiger partial charge in [-0.25, -0.2) is 9.97 Å². The highest BCUT2D eigenvalue weighted by Gasteiger charge is 2.06. The van der Waals surface area contributed by atoms with Gasteiger partial charge in [-0.3, -0.25) is 0 Å². The van der Waals surface area contributed by atoms with Crippen molar-refractivity contribution >= 4 is 0 Å². The summed E-state index contributed by atoms with van der Waals surface area (Å²) >= 11 is 0. The quantitative estimate of drug-likeness (QED) is 0.537. The van der Waals surface area contributed by atoms with Crippen molar-refractivity contribution in [3.05, 3.63) is 47.3 Å². The van der Waals surface area contributed by atoms with E-state index in [0.717, 1.165) is 29.9 Å². The molecule has 2 heteroatoms. The first-order chi connectivity index (χ1) is 11.2. The van der Waals surface area contributed by atoms with Gasteiger partial charge in [-0.05, 0) is 37.3 Å². The first-order valence-corrected chi connectivity index (χ1v) is 9.16. The molecule has 2 aromatic rings. The molecule has 0 N–H and O–H groups in total. The summed E-state index contributed by atoms with van der Waals surface area (Å²) in [6.07, 6.45) is 12.0. The molecule has 0 aliphatic rings. The lowest BCUT2D eigenvalue weighted by molar-refractivity contribution is 0.630. The van der Waals surface area contributed by atoms with E-state index in [4.69, 9.17) is 4.98 Å². The number of nitrogens with zero attached hydrogens (tertiary/aromatic N) is 2. The van der Waals surface area contributed by atoms with Crippen LogP contribution in [0, 0.1) is 6.92 Å². The van der Waals surface area contributed by atoms with E-state index in [1.165, 1.54) is 49.7 Å². The Bertz CT molecular complexity index is 587. The first-order valence-electron chi connectivity index (χ1n) is 9.16. The molecule has 0 amide bonds. The summed E-state index contributed by atoms with van der Waals surface area (Å²) in [6, 6.07) is 8.67. The fourth-order valence-corrected chi connectivity index (χ4v) is 2.90. The lowest BCUT2D eigenvalue weighted by Gasteiger charge is -2.08. The van der Waals surface area contributed by atoms with E-state index in [0.29, 0.717) is 0 Å². The summed E-state index contributed by atoms with van der Waals surface area (Å²) in [5.41, 5.74) is 4.93. The Hall–Kier alpha value is -1.70. The molecular formula is C21H30N2. The van der Waals surface area contributed by atoms with Crippen LogP contribution in [0.3, 0.4) is 0 Å². The molecule has 2 nitrogen and oxygen atoms in total. The minimum atomic E-state index is 0.847. The predicted molar refractivity (Wildman–Crippen MR) is 98.7 cm³/mol. The van der Waals surface area contributed by atoms with Crippen LogP contribution in [0.4, 0.5) is 0 Å². The summed E-state index contributed by atoms with van der Waals surface area (Å²) in [6.45, 7) is 6.57. The molecule has 0 unspecified atom stereocenters. The Labute approximate surface area is 141 Å². The zero-order valence-corrected chi connectivity index (χ0v) is 14.9. The Morgan fingerprint density at radius 3 is 2.22 bits per heavy atom. The van der Waals surface area contributed by atoms with Crippen LogP contribution in [-0.2, 0) is 12.8 Å². The number of hydrogen-bond donors (Lipinski definition) is 0. The third-order valence-electron chi connectivity index (χ3n) is 4.38. The molecule has 0 saturated carbocycles. The van der Waals surface area contributed by atoms with Gasteiger partial charge < -0.3 is 0 Å². The van der Waals surface area contributed by atoms with Gasteiger partial charge in [0.15, 0.2) is 5.82 Å². The van der Waals surface area contributed by atoms with Crippen molar-refractivity contribution in [2.45, 2.75) is 72.1 Å². The van der Waals surface area contributed by atoms with E-state index in [1.807, 2.05) is 6.20 Å². The fraction of sp³-hybridized carbons (Fsp3) is 0.524. The number of aromatic nitrogens is 2. The molecule has 1 aromatic carbocycles. The minimum Gasteiger partial charge on any atom is -0.236 e. The van der Waals surface area contributed by atoms with Gasteiger partial charge in [0.2, 0.25) is 0 Å². The van der Waals surface area contributed by atoms with Gasteiger partial charge in [-0.1, -0.05) is 70.2 Å². The Morgan fingerprint density at radius 2 is 1.57 bits per heavy atom. The van der Waals surface area contributed by atoms with Gasteiger partial charge in [0.1, 0.15) is 0 Å². The second-order valence-electron chi connectivity index (χ2n) is 6.42. The van der Waals surface area contributed by atoms with Crippen LogP contribution in [0.15, 0.2) is 30.5 Å². The summed E-state index contributed by atoms with van der Waals surface area (Å²) < 4.78 is 0. The second-order valence-corrected chi connectivity index (χ2v) is 6.42. The zero-order chi connectivity index (χ0) is 16.5. The molecule has 0 aliphatic carbocycles. The largest absolute Gasteiger partial charge is 0.236 e. The molecule has 0 atom stereocenters. The van der Waals surface area contributed by atoms with Crippen molar-refractivity contribution in [3.63, 3.8) is 0 Å². The van der Waals surface area contributed by atoms with Crippen molar-refractivity contribution in [1.29, 1.82) is 0 Å². The molecular weight excluding hydrogens is 280 g/mol. The first kappa shape index (κ1) is 17.7. The molecule has 2 rings (SSSR count). The lowest BCUT2D eigenvalue weighted by Crippen LogP contribution is -1.98. The van der Waals surface area contributed by atoms with Crippen LogP contribution in [0.5, 0.6) is 0 Å². The van der Waals surface area contributed by atoms with Crippen molar-refractivity contribution in [1.82, 2.24) is 9.97 Å². The van der Waals surface area contributed by atoms with Gasteiger partial charge in [-0.2, -0.15) is 0 Å². The maximum atomic E-state index is 4.72. The van der Waals surface area contributed by atoms with Crippen LogP contribution in [0.2, 0.25) is 0 Å². The van der Waals surface area contributed by atoms with Gasteiger partial charge >= 0.3 is 0 Å². The van der Waals surface area contributed by atoms with Crippen molar-refractivity contribution in [3.8, 4) is 11.4 Å².